The predicted octanol–water partition coefficient (Wildman–Crippen LogP) is 0.721. The third kappa shape index (κ3) is 2.38. The minimum atomic E-state index is -0.992. The van der Waals surface area contributed by atoms with Gasteiger partial charge in [-0.05, 0) is 18.9 Å². The molecule has 1 aromatic rings. The Morgan fingerprint density at radius 3 is 2.73 bits per heavy atom. The number of hydrogen-bond acceptors (Lipinski definition) is 6. The van der Waals surface area contributed by atoms with Crippen molar-refractivity contribution >= 4 is 17.6 Å². The summed E-state index contributed by atoms with van der Waals surface area (Å²) in [5.41, 5.74) is -0.0517. The van der Waals surface area contributed by atoms with Gasteiger partial charge < -0.3 is 19.6 Å². The number of carbonyl (C=O) groups is 2. The molecule has 1 N–H and O–H groups in total. The van der Waals surface area contributed by atoms with E-state index in [0.29, 0.717) is 24.3 Å². The largest absolute Gasteiger partial charge is 0.481 e. The summed E-state index contributed by atoms with van der Waals surface area (Å²) in [5, 5.41) is 19.4. The zero-order valence-electron chi connectivity index (χ0n) is 14.5. The van der Waals surface area contributed by atoms with Gasteiger partial charge in [-0.15, -0.1) is 0 Å². The standard InChI is InChI=1S/C18H20N4O4/c1-26-15-13(6-19)14(4-5-20-15)21-7-12-8-22(16(23)11-2-3-11)10-18(12,9-21)17(24)25/h4-5,11-12H,2-3,7-10H2,1H3,(H,24,25)/t12-,18-/m0/s1. The third-order valence-electron chi connectivity index (χ3n) is 5.81. The predicted molar refractivity (Wildman–Crippen MR) is 90.6 cm³/mol. The van der Waals surface area contributed by atoms with Crippen LogP contribution in [-0.4, -0.2) is 60.2 Å². The Kier molecular flexibility index (Phi) is 3.75. The number of nitrogens with zero attached hydrogens (tertiary/aromatic N) is 4. The van der Waals surface area contributed by atoms with Crippen molar-refractivity contribution < 1.29 is 19.4 Å². The minimum absolute atomic E-state index is 0.0884. The number of methoxy groups -OCH3 is 1. The smallest absolute Gasteiger partial charge is 0.313 e. The van der Waals surface area contributed by atoms with Crippen molar-refractivity contribution in [1.82, 2.24) is 9.88 Å². The molecule has 8 nitrogen and oxygen atoms in total. The van der Waals surface area contributed by atoms with Gasteiger partial charge in [-0.25, -0.2) is 4.98 Å². The number of carboxylic acids is 1. The lowest BCUT2D eigenvalue weighted by molar-refractivity contribution is -0.148. The summed E-state index contributed by atoms with van der Waals surface area (Å²) >= 11 is 0. The number of aliphatic carboxylic acids is 1. The number of carbonyl (C=O) groups excluding carboxylic acids is 1. The Morgan fingerprint density at radius 2 is 2.15 bits per heavy atom. The molecule has 3 fully saturated rings. The van der Waals surface area contributed by atoms with Gasteiger partial charge in [-0.2, -0.15) is 5.26 Å². The lowest BCUT2D eigenvalue weighted by Gasteiger charge is -2.27. The van der Waals surface area contributed by atoms with E-state index in [0.717, 1.165) is 12.8 Å². The summed E-state index contributed by atoms with van der Waals surface area (Å²) in [6.07, 6.45) is 3.38. The number of ether oxygens (including phenoxy) is 1. The molecule has 0 aromatic carbocycles. The van der Waals surface area contributed by atoms with Gasteiger partial charge in [-0.1, -0.05) is 0 Å². The molecule has 4 rings (SSSR count). The lowest BCUT2D eigenvalue weighted by Crippen LogP contribution is -2.42. The first kappa shape index (κ1) is 16.6. The summed E-state index contributed by atoms with van der Waals surface area (Å²) in [4.78, 5) is 32.2. The fourth-order valence-electron chi connectivity index (χ4n) is 4.26. The maximum atomic E-state index is 12.4. The van der Waals surface area contributed by atoms with Gasteiger partial charge in [0.05, 0.1) is 12.8 Å². The van der Waals surface area contributed by atoms with Crippen LogP contribution in [0.25, 0.3) is 0 Å². The lowest BCUT2D eigenvalue weighted by atomic mass is 9.81. The van der Waals surface area contributed by atoms with Gasteiger partial charge in [0.15, 0.2) is 0 Å². The second kappa shape index (κ2) is 5.87. The van der Waals surface area contributed by atoms with Crippen molar-refractivity contribution in [2.75, 3.05) is 38.2 Å². The number of pyridine rings is 1. The van der Waals surface area contributed by atoms with E-state index in [-0.39, 0.29) is 36.7 Å². The van der Waals surface area contributed by atoms with Crippen molar-refractivity contribution in [2.45, 2.75) is 12.8 Å². The fraction of sp³-hybridized carbons (Fsp3) is 0.556. The minimum Gasteiger partial charge on any atom is -0.481 e. The van der Waals surface area contributed by atoms with Crippen LogP contribution in [0.5, 0.6) is 5.88 Å². The molecule has 136 valence electrons. The number of fused-ring (bicyclic) bond motifs is 1. The number of anilines is 1. The van der Waals surface area contributed by atoms with Gasteiger partial charge in [-0.3, -0.25) is 9.59 Å². The SMILES string of the molecule is COc1nccc(N2C[C@H]3CN(C(=O)C4CC4)C[C@@]3(C(=O)O)C2)c1C#N. The van der Waals surface area contributed by atoms with E-state index in [1.165, 1.54) is 7.11 Å². The molecular weight excluding hydrogens is 336 g/mol. The molecule has 0 spiro atoms. The van der Waals surface area contributed by atoms with Crippen molar-refractivity contribution in [3.8, 4) is 11.9 Å². The summed E-state index contributed by atoms with van der Waals surface area (Å²) in [5.74, 6) is -0.624. The van der Waals surface area contributed by atoms with Gasteiger partial charge in [0.1, 0.15) is 17.0 Å². The number of nitriles is 1. The summed E-state index contributed by atoms with van der Waals surface area (Å²) in [7, 11) is 1.45. The normalized spacial score (nSPS) is 27.2. The highest BCUT2D eigenvalue weighted by Crippen LogP contribution is 2.46. The van der Waals surface area contributed by atoms with Crippen molar-refractivity contribution in [3.63, 3.8) is 0 Å². The summed E-state index contributed by atoms with van der Waals surface area (Å²) < 4.78 is 5.16. The first-order chi connectivity index (χ1) is 12.5. The second-order valence-corrected chi connectivity index (χ2v) is 7.36. The monoisotopic (exact) mass is 356 g/mol. The van der Waals surface area contributed by atoms with Crippen LogP contribution in [0.4, 0.5) is 5.69 Å². The van der Waals surface area contributed by atoms with E-state index in [1.54, 1.807) is 17.2 Å². The summed E-state index contributed by atoms with van der Waals surface area (Å²) in [6.45, 7) is 1.46. The Labute approximate surface area is 151 Å². The van der Waals surface area contributed by atoms with Crippen LogP contribution in [0, 0.1) is 28.6 Å². The highest BCUT2D eigenvalue weighted by molar-refractivity contribution is 5.85. The summed E-state index contributed by atoms with van der Waals surface area (Å²) in [6, 6.07) is 3.82. The van der Waals surface area contributed by atoms with E-state index in [4.69, 9.17) is 4.74 Å². The first-order valence-corrected chi connectivity index (χ1v) is 8.70. The number of aromatic nitrogens is 1. The molecule has 2 atom stereocenters. The van der Waals surface area contributed by atoms with Crippen LogP contribution >= 0.6 is 0 Å². The van der Waals surface area contributed by atoms with Crippen LogP contribution in [0.2, 0.25) is 0 Å². The topological polar surface area (TPSA) is 107 Å². The van der Waals surface area contributed by atoms with Crippen LogP contribution in [0.1, 0.15) is 18.4 Å². The van der Waals surface area contributed by atoms with Crippen molar-refractivity contribution in [1.29, 1.82) is 5.26 Å². The second-order valence-electron chi connectivity index (χ2n) is 7.36. The molecule has 2 aliphatic heterocycles. The molecule has 3 aliphatic rings. The Morgan fingerprint density at radius 1 is 1.38 bits per heavy atom. The molecule has 0 bridgehead atoms. The number of carboxylic acid groups (broad SMARTS) is 1. The maximum absolute atomic E-state index is 12.4. The van der Waals surface area contributed by atoms with Crippen LogP contribution in [0.15, 0.2) is 12.3 Å². The van der Waals surface area contributed by atoms with Gasteiger partial charge in [0.2, 0.25) is 11.8 Å². The molecule has 1 aromatic heterocycles. The zero-order chi connectivity index (χ0) is 18.5. The Bertz CT molecular complexity index is 816. The third-order valence-corrected chi connectivity index (χ3v) is 5.81. The number of likely N-dealkylation sites (tertiary alicyclic amines) is 1. The van der Waals surface area contributed by atoms with Gasteiger partial charge in [0.25, 0.3) is 0 Å². The van der Waals surface area contributed by atoms with Crippen LogP contribution < -0.4 is 9.64 Å². The van der Waals surface area contributed by atoms with E-state index < -0.39 is 11.4 Å². The van der Waals surface area contributed by atoms with Crippen molar-refractivity contribution in [2.24, 2.45) is 17.3 Å². The maximum Gasteiger partial charge on any atom is 0.313 e. The molecule has 0 unspecified atom stereocenters. The average molecular weight is 356 g/mol. The fourth-order valence-corrected chi connectivity index (χ4v) is 4.26. The number of amides is 1. The van der Waals surface area contributed by atoms with E-state index in [1.807, 2.05) is 4.90 Å². The molecule has 2 saturated heterocycles. The molecule has 1 aliphatic carbocycles. The van der Waals surface area contributed by atoms with E-state index in [2.05, 4.69) is 11.1 Å². The highest BCUT2D eigenvalue weighted by atomic mass is 16.5. The van der Waals surface area contributed by atoms with Crippen LogP contribution in [0.3, 0.4) is 0 Å². The molecule has 8 heteroatoms. The molecule has 3 heterocycles. The first-order valence-electron chi connectivity index (χ1n) is 8.70. The molecule has 1 amide bonds. The number of hydrogen-bond donors (Lipinski definition) is 1. The van der Waals surface area contributed by atoms with E-state index in [9.17, 15) is 20.0 Å². The molecular formula is C18H20N4O4. The van der Waals surface area contributed by atoms with Gasteiger partial charge in [0, 0.05) is 44.2 Å². The number of rotatable bonds is 4. The highest BCUT2D eigenvalue weighted by Gasteiger charge is 2.59. The average Bonchev–Trinajstić information content (AvgIpc) is 3.32. The quantitative estimate of drug-likeness (QED) is 0.847. The molecule has 26 heavy (non-hydrogen) atoms. The van der Waals surface area contributed by atoms with E-state index >= 15 is 0 Å². The zero-order valence-corrected chi connectivity index (χ0v) is 14.5. The van der Waals surface area contributed by atoms with Gasteiger partial charge >= 0.3 is 5.97 Å². The Hall–Kier alpha value is -2.82. The van der Waals surface area contributed by atoms with Crippen molar-refractivity contribution in [3.05, 3.63) is 17.8 Å². The molecule has 1 saturated carbocycles. The molecule has 0 radical (unpaired) electrons. The van der Waals surface area contributed by atoms with Crippen LogP contribution in [-0.2, 0) is 9.59 Å². The Balaban J connectivity index is 1.62.